The van der Waals surface area contributed by atoms with Gasteiger partial charge in [-0.15, -0.1) is 0 Å². The zero-order chi connectivity index (χ0) is 23.1. The lowest BCUT2D eigenvalue weighted by Crippen LogP contribution is -2.20. The van der Waals surface area contributed by atoms with E-state index in [0.717, 1.165) is 22.6 Å². The van der Waals surface area contributed by atoms with Gasteiger partial charge in [-0.1, -0.05) is 12.1 Å². The van der Waals surface area contributed by atoms with Crippen molar-refractivity contribution in [3.05, 3.63) is 89.9 Å². The molecule has 0 aliphatic heterocycles. The van der Waals surface area contributed by atoms with Crippen molar-refractivity contribution in [2.45, 2.75) is 0 Å². The number of hydrogen-bond donors (Lipinski definition) is 2. The Morgan fingerprint density at radius 1 is 1.03 bits per heavy atom. The zero-order valence-electron chi connectivity index (χ0n) is 18.0. The number of aromatic amines is 1. The summed E-state index contributed by atoms with van der Waals surface area (Å²) in [5, 5.41) is 11.3. The van der Waals surface area contributed by atoms with Crippen molar-refractivity contribution in [2.24, 2.45) is 0 Å². The van der Waals surface area contributed by atoms with E-state index in [1.54, 1.807) is 30.4 Å². The summed E-state index contributed by atoms with van der Waals surface area (Å²) >= 11 is 0. The van der Waals surface area contributed by atoms with Crippen LogP contribution in [0.25, 0.3) is 38.8 Å². The maximum absolute atomic E-state index is 13.5. The van der Waals surface area contributed by atoms with Crippen LogP contribution in [0.1, 0.15) is 0 Å². The molecule has 4 heterocycles. The van der Waals surface area contributed by atoms with Crippen LogP contribution in [-0.4, -0.2) is 31.8 Å². The molecule has 9 nitrogen and oxygen atoms in total. The third kappa shape index (κ3) is 3.27. The van der Waals surface area contributed by atoms with E-state index in [9.17, 15) is 4.79 Å². The molecule has 6 aromatic rings. The fraction of sp³-hybridized carbons (Fsp3) is 0.0400. The predicted molar refractivity (Wildman–Crippen MR) is 129 cm³/mol. The molecule has 0 atom stereocenters. The molecule has 0 unspecified atom stereocenters. The second-order valence-electron chi connectivity index (χ2n) is 7.65. The van der Waals surface area contributed by atoms with Crippen LogP contribution in [-0.2, 0) is 0 Å². The van der Waals surface area contributed by atoms with E-state index < -0.39 is 0 Å². The SMILES string of the molecule is COc1ccc(Nc2ncc3c4[nH]ncc4c(=O)n(-c4cccc(-c5ccoc5)c4)c3n2)cc1. The van der Waals surface area contributed by atoms with Crippen LogP contribution in [0.15, 0.2) is 88.7 Å². The number of H-pyrrole nitrogens is 1. The monoisotopic (exact) mass is 450 g/mol. The number of anilines is 2. The van der Waals surface area contributed by atoms with Crippen molar-refractivity contribution in [3.63, 3.8) is 0 Å². The number of hydrogen-bond acceptors (Lipinski definition) is 7. The first kappa shape index (κ1) is 19.7. The summed E-state index contributed by atoms with van der Waals surface area (Å²) in [6, 6.07) is 16.9. The Labute approximate surface area is 192 Å². The van der Waals surface area contributed by atoms with Crippen molar-refractivity contribution < 1.29 is 9.15 Å². The van der Waals surface area contributed by atoms with Crippen LogP contribution in [0.5, 0.6) is 5.75 Å². The highest BCUT2D eigenvalue weighted by Gasteiger charge is 2.17. The number of ether oxygens (including phenoxy) is 1. The van der Waals surface area contributed by atoms with Crippen LogP contribution < -0.4 is 15.6 Å². The minimum atomic E-state index is -0.227. The van der Waals surface area contributed by atoms with E-state index in [1.807, 2.05) is 54.6 Å². The lowest BCUT2D eigenvalue weighted by molar-refractivity contribution is 0.415. The van der Waals surface area contributed by atoms with Gasteiger partial charge in [-0.25, -0.2) is 4.98 Å². The molecular weight excluding hydrogens is 432 g/mol. The van der Waals surface area contributed by atoms with Crippen LogP contribution in [0.4, 0.5) is 11.6 Å². The largest absolute Gasteiger partial charge is 0.497 e. The second kappa shape index (κ2) is 7.89. The number of benzene rings is 2. The average molecular weight is 450 g/mol. The summed E-state index contributed by atoms with van der Waals surface area (Å²) in [5.74, 6) is 1.11. The van der Waals surface area contributed by atoms with Gasteiger partial charge < -0.3 is 14.5 Å². The van der Waals surface area contributed by atoms with E-state index in [4.69, 9.17) is 14.1 Å². The number of furan rings is 1. The Morgan fingerprint density at radius 2 is 1.91 bits per heavy atom. The molecule has 0 bridgehead atoms. The molecule has 166 valence electrons. The minimum absolute atomic E-state index is 0.227. The van der Waals surface area contributed by atoms with Gasteiger partial charge in [0.25, 0.3) is 5.56 Å². The summed E-state index contributed by atoms with van der Waals surface area (Å²) < 4.78 is 12.0. The van der Waals surface area contributed by atoms with Crippen molar-refractivity contribution in [1.82, 2.24) is 24.7 Å². The smallest absolute Gasteiger partial charge is 0.267 e. The predicted octanol–water partition coefficient (Wildman–Crippen LogP) is 4.67. The van der Waals surface area contributed by atoms with Gasteiger partial charge in [0, 0.05) is 17.4 Å². The molecule has 0 radical (unpaired) electrons. The standard InChI is InChI=1S/C25H18N6O3/c1-33-19-7-5-17(6-8-19)28-25-26-12-20-22-21(13-27-30-22)24(32)31(23(20)29-25)18-4-2-3-15(11-18)16-9-10-34-14-16/h2-14H,1H3,(H,27,30)(H,26,28,29). The van der Waals surface area contributed by atoms with Gasteiger partial charge >= 0.3 is 0 Å². The van der Waals surface area contributed by atoms with Crippen LogP contribution in [0, 0.1) is 0 Å². The summed E-state index contributed by atoms with van der Waals surface area (Å²) in [5.41, 5.74) is 4.12. The topological polar surface area (TPSA) is 111 Å². The van der Waals surface area contributed by atoms with Crippen LogP contribution >= 0.6 is 0 Å². The molecule has 6 rings (SSSR count). The van der Waals surface area contributed by atoms with Crippen molar-refractivity contribution in [2.75, 3.05) is 12.4 Å². The Bertz CT molecular complexity index is 1680. The molecule has 2 N–H and O–H groups in total. The van der Waals surface area contributed by atoms with E-state index in [2.05, 4.69) is 20.5 Å². The van der Waals surface area contributed by atoms with Crippen LogP contribution in [0.3, 0.4) is 0 Å². The van der Waals surface area contributed by atoms with Gasteiger partial charge in [-0.05, 0) is 48.0 Å². The second-order valence-corrected chi connectivity index (χ2v) is 7.65. The van der Waals surface area contributed by atoms with E-state index in [0.29, 0.717) is 33.6 Å². The summed E-state index contributed by atoms with van der Waals surface area (Å²) in [6.07, 6.45) is 6.49. The Kier molecular flexibility index (Phi) is 4.58. The maximum atomic E-state index is 13.5. The van der Waals surface area contributed by atoms with E-state index in [-0.39, 0.29) is 5.56 Å². The highest BCUT2D eigenvalue weighted by Crippen LogP contribution is 2.27. The lowest BCUT2D eigenvalue weighted by atomic mass is 10.1. The quantitative estimate of drug-likeness (QED) is 0.393. The number of nitrogens with zero attached hydrogens (tertiary/aromatic N) is 4. The Balaban J connectivity index is 1.54. The molecule has 0 saturated heterocycles. The molecule has 4 aromatic heterocycles. The van der Waals surface area contributed by atoms with E-state index in [1.165, 1.54) is 6.20 Å². The molecule has 9 heteroatoms. The highest BCUT2D eigenvalue weighted by atomic mass is 16.5. The molecule has 0 aliphatic rings. The Morgan fingerprint density at radius 3 is 2.71 bits per heavy atom. The van der Waals surface area contributed by atoms with Gasteiger partial charge in [0.1, 0.15) is 5.75 Å². The molecular formula is C25H18N6O3. The van der Waals surface area contributed by atoms with Gasteiger partial charge in [0.05, 0.1) is 47.8 Å². The minimum Gasteiger partial charge on any atom is -0.497 e. The average Bonchev–Trinajstić information content (AvgIpc) is 3.58. The molecule has 0 spiro atoms. The summed E-state index contributed by atoms with van der Waals surface area (Å²) in [4.78, 5) is 22.7. The molecule has 0 saturated carbocycles. The first-order valence-electron chi connectivity index (χ1n) is 10.5. The van der Waals surface area contributed by atoms with Crippen molar-refractivity contribution >= 4 is 33.6 Å². The van der Waals surface area contributed by atoms with Crippen molar-refractivity contribution in [3.8, 4) is 22.6 Å². The molecule has 2 aromatic carbocycles. The highest BCUT2D eigenvalue weighted by molar-refractivity contribution is 6.02. The number of pyridine rings is 1. The fourth-order valence-corrected chi connectivity index (χ4v) is 3.95. The van der Waals surface area contributed by atoms with Gasteiger partial charge in [-0.2, -0.15) is 10.1 Å². The van der Waals surface area contributed by atoms with Gasteiger partial charge in [0.15, 0.2) is 5.65 Å². The summed E-state index contributed by atoms with van der Waals surface area (Å²) in [6.45, 7) is 0. The first-order chi connectivity index (χ1) is 16.7. The third-order valence-electron chi connectivity index (χ3n) is 5.63. The molecule has 0 aliphatic carbocycles. The lowest BCUT2D eigenvalue weighted by Gasteiger charge is -2.13. The fourth-order valence-electron chi connectivity index (χ4n) is 3.95. The van der Waals surface area contributed by atoms with Crippen molar-refractivity contribution in [1.29, 1.82) is 0 Å². The first-order valence-corrected chi connectivity index (χ1v) is 10.5. The summed E-state index contributed by atoms with van der Waals surface area (Å²) in [7, 11) is 1.62. The third-order valence-corrected chi connectivity index (χ3v) is 5.63. The van der Waals surface area contributed by atoms with Crippen LogP contribution in [0.2, 0.25) is 0 Å². The van der Waals surface area contributed by atoms with Gasteiger partial charge in [0.2, 0.25) is 5.95 Å². The molecule has 34 heavy (non-hydrogen) atoms. The number of fused-ring (bicyclic) bond motifs is 3. The zero-order valence-corrected chi connectivity index (χ0v) is 18.0. The molecule has 0 fully saturated rings. The number of rotatable bonds is 5. The Hall–Kier alpha value is -4.92. The number of aromatic nitrogens is 5. The van der Waals surface area contributed by atoms with Gasteiger partial charge in [-0.3, -0.25) is 14.5 Å². The maximum Gasteiger partial charge on any atom is 0.267 e. The molecule has 0 amide bonds. The van der Waals surface area contributed by atoms with E-state index >= 15 is 0 Å². The number of methoxy groups -OCH3 is 1. The number of nitrogens with one attached hydrogen (secondary N) is 2. The normalized spacial score (nSPS) is 11.2.